The molecule has 3 nitrogen and oxygen atoms in total. The average Bonchev–Trinajstić information content (AvgIpc) is 2.22. The molecule has 0 aromatic carbocycles. The van der Waals surface area contributed by atoms with Crippen molar-refractivity contribution in [3.63, 3.8) is 0 Å². The fourth-order valence-electron chi connectivity index (χ4n) is 1.93. The van der Waals surface area contributed by atoms with Gasteiger partial charge < -0.3 is 5.32 Å². The highest BCUT2D eigenvalue weighted by atomic mass is 35.5. The monoisotopic (exact) mass is 239 g/mol. The Hall–Kier alpha value is -0.830. The molecule has 1 fully saturated rings. The molecule has 0 amide bonds. The van der Waals surface area contributed by atoms with Gasteiger partial charge >= 0.3 is 0 Å². The van der Waals surface area contributed by atoms with Gasteiger partial charge in [0.05, 0.1) is 0 Å². The number of rotatable bonds is 3. The fourth-order valence-corrected chi connectivity index (χ4v) is 2.12. The van der Waals surface area contributed by atoms with E-state index >= 15 is 0 Å². The number of hydrogen-bond donors (Lipinski definition) is 1. The van der Waals surface area contributed by atoms with Gasteiger partial charge in [-0.05, 0) is 33.1 Å². The molecule has 1 aliphatic rings. The molecule has 0 spiro atoms. The Balaban J connectivity index is 2.28. The van der Waals surface area contributed by atoms with Crippen molar-refractivity contribution in [1.82, 2.24) is 9.97 Å². The quantitative estimate of drug-likeness (QED) is 0.822. The van der Waals surface area contributed by atoms with Crippen molar-refractivity contribution in [2.45, 2.75) is 52.0 Å². The highest BCUT2D eigenvalue weighted by molar-refractivity contribution is 6.30. The minimum absolute atomic E-state index is 0.202. The maximum Gasteiger partial charge on any atom is 0.137 e. The largest absolute Gasteiger partial charge is 0.365 e. The predicted octanol–water partition coefficient (Wildman–Crippen LogP) is 3.36. The van der Waals surface area contributed by atoms with Crippen LogP contribution in [0.25, 0.3) is 0 Å². The summed E-state index contributed by atoms with van der Waals surface area (Å²) in [7, 11) is 0. The van der Waals surface area contributed by atoms with Crippen molar-refractivity contribution in [3.05, 3.63) is 16.5 Å². The summed E-state index contributed by atoms with van der Waals surface area (Å²) >= 11 is 6.10. The number of aromatic nitrogens is 2. The Morgan fingerprint density at radius 3 is 2.56 bits per heavy atom. The molecule has 1 saturated carbocycles. The lowest BCUT2D eigenvalue weighted by atomic mass is 9.78. The summed E-state index contributed by atoms with van der Waals surface area (Å²) in [5, 5.41) is 4.07. The summed E-state index contributed by atoms with van der Waals surface area (Å²) in [5.74, 6) is 1.71. The van der Waals surface area contributed by atoms with Gasteiger partial charge in [0.1, 0.15) is 16.8 Å². The van der Waals surface area contributed by atoms with Gasteiger partial charge in [-0.1, -0.05) is 18.5 Å². The lowest BCUT2D eigenvalue weighted by Gasteiger charge is -2.40. The third kappa shape index (κ3) is 2.14. The molecular weight excluding hydrogens is 222 g/mol. The zero-order valence-corrected chi connectivity index (χ0v) is 10.9. The van der Waals surface area contributed by atoms with Crippen LogP contribution < -0.4 is 5.32 Å². The number of hydrogen-bond acceptors (Lipinski definition) is 3. The molecule has 4 heteroatoms. The Morgan fingerprint density at radius 1 is 1.38 bits per heavy atom. The van der Waals surface area contributed by atoms with Crippen molar-refractivity contribution >= 4 is 17.4 Å². The van der Waals surface area contributed by atoms with E-state index < -0.39 is 0 Å². The number of anilines is 1. The highest BCUT2D eigenvalue weighted by Crippen LogP contribution is 2.35. The Bertz CT molecular complexity index is 399. The Morgan fingerprint density at radius 2 is 2.06 bits per heavy atom. The van der Waals surface area contributed by atoms with Gasteiger partial charge in [-0.2, -0.15) is 0 Å². The topological polar surface area (TPSA) is 37.8 Å². The van der Waals surface area contributed by atoms with Crippen LogP contribution in [0.1, 0.15) is 44.5 Å². The average molecular weight is 240 g/mol. The molecule has 2 rings (SSSR count). The maximum atomic E-state index is 6.10. The first kappa shape index (κ1) is 11.6. The van der Waals surface area contributed by atoms with Crippen LogP contribution in [-0.4, -0.2) is 15.5 Å². The third-order valence-corrected chi connectivity index (χ3v) is 3.69. The first-order valence-corrected chi connectivity index (χ1v) is 6.23. The summed E-state index contributed by atoms with van der Waals surface area (Å²) in [6.07, 6.45) is 4.51. The highest BCUT2D eigenvalue weighted by Gasteiger charge is 2.32. The summed E-state index contributed by atoms with van der Waals surface area (Å²) in [6, 6.07) is 0. The third-order valence-electron chi connectivity index (χ3n) is 3.33. The minimum Gasteiger partial charge on any atom is -0.365 e. The van der Waals surface area contributed by atoms with Crippen LogP contribution in [0.5, 0.6) is 0 Å². The van der Waals surface area contributed by atoms with Gasteiger partial charge in [-0.3, -0.25) is 0 Å². The van der Waals surface area contributed by atoms with Crippen molar-refractivity contribution < 1.29 is 0 Å². The number of halogens is 1. The Kier molecular flexibility index (Phi) is 3.06. The molecule has 0 aliphatic heterocycles. The van der Waals surface area contributed by atoms with E-state index in [0.29, 0.717) is 5.15 Å². The second-order valence-corrected chi connectivity index (χ2v) is 5.16. The van der Waals surface area contributed by atoms with Crippen LogP contribution >= 0.6 is 11.6 Å². The molecule has 0 unspecified atom stereocenters. The molecule has 1 aromatic heterocycles. The van der Waals surface area contributed by atoms with E-state index in [-0.39, 0.29) is 5.54 Å². The van der Waals surface area contributed by atoms with Gasteiger partial charge in [0.2, 0.25) is 0 Å². The first-order valence-electron chi connectivity index (χ1n) is 5.85. The first-order chi connectivity index (χ1) is 7.54. The second kappa shape index (κ2) is 4.21. The number of nitrogens with one attached hydrogen (secondary N) is 1. The molecule has 0 radical (unpaired) electrons. The summed E-state index contributed by atoms with van der Waals surface area (Å²) in [6.45, 7) is 6.24. The number of nitrogens with zero attached hydrogens (tertiary/aromatic N) is 2. The SMILES string of the molecule is CCc1nc(Cl)c(C)c(NC2(C)CCC2)n1. The predicted molar refractivity (Wildman–Crippen MR) is 67.0 cm³/mol. The van der Waals surface area contributed by atoms with E-state index in [1.807, 2.05) is 13.8 Å². The Labute approximate surface area is 102 Å². The molecule has 0 bridgehead atoms. The van der Waals surface area contributed by atoms with Crippen LogP contribution in [0.2, 0.25) is 5.15 Å². The molecule has 16 heavy (non-hydrogen) atoms. The van der Waals surface area contributed by atoms with Crippen LogP contribution in [0.4, 0.5) is 5.82 Å². The summed E-state index contributed by atoms with van der Waals surface area (Å²) in [5.41, 5.74) is 1.15. The van der Waals surface area contributed by atoms with Gasteiger partial charge in [0.25, 0.3) is 0 Å². The van der Waals surface area contributed by atoms with Crippen LogP contribution in [0, 0.1) is 6.92 Å². The molecular formula is C12H18ClN3. The standard InChI is InChI=1S/C12H18ClN3/c1-4-9-14-10(13)8(2)11(15-9)16-12(3)6-5-7-12/h4-7H2,1-3H3,(H,14,15,16). The van der Waals surface area contributed by atoms with Crippen LogP contribution in [0.15, 0.2) is 0 Å². The van der Waals surface area contributed by atoms with Gasteiger partial charge in [0.15, 0.2) is 0 Å². The minimum atomic E-state index is 0.202. The smallest absolute Gasteiger partial charge is 0.137 e. The fraction of sp³-hybridized carbons (Fsp3) is 0.667. The van der Waals surface area contributed by atoms with E-state index in [2.05, 4.69) is 22.2 Å². The van der Waals surface area contributed by atoms with Crippen molar-refractivity contribution in [1.29, 1.82) is 0 Å². The molecule has 1 N–H and O–H groups in total. The molecule has 0 atom stereocenters. The zero-order chi connectivity index (χ0) is 11.8. The maximum absolute atomic E-state index is 6.10. The van der Waals surface area contributed by atoms with E-state index in [4.69, 9.17) is 11.6 Å². The van der Waals surface area contributed by atoms with Gasteiger partial charge in [-0.15, -0.1) is 0 Å². The van der Waals surface area contributed by atoms with Crippen molar-refractivity contribution in [3.8, 4) is 0 Å². The van der Waals surface area contributed by atoms with Crippen molar-refractivity contribution in [2.24, 2.45) is 0 Å². The van der Waals surface area contributed by atoms with Gasteiger partial charge in [-0.25, -0.2) is 9.97 Å². The molecule has 0 saturated heterocycles. The van der Waals surface area contributed by atoms with Crippen molar-refractivity contribution in [2.75, 3.05) is 5.32 Å². The van der Waals surface area contributed by atoms with Crippen LogP contribution in [0.3, 0.4) is 0 Å². The second-order valence-electron chi connectivity index (χ2n) is 4.80. The van der Waals surface area contributed by atoms with E-state index in [9.17, 15) is 0 Å². The summed E-state index contributed by atoms with van der Waals surface area (Å²) in [4.78, 5) is 8.75. The molecule has 88 valence electrons. The lowest BCUT2D eigenvalue weighted by Crippen LogP contribution is -2.42. The zero-order valence-electron chi connectivity index (χ0n) is 10.1. The van der Waals surface area contributed by atoms with Gasteiger partial charge in [0, 0.05) is 17.5 Å². The normalized spacial score (nSPS) is 18.0. The van der Waals surface area contributed by atoms with E-state index in [1.54, 1.807) is 0 Å². The summed E-state index contributed by atoms with van der Waals surface area (Å²) < 4.78 is 0. The molecule has 1 aromatic rings. The lowest BCUT2D eigenvalue weighted by molar-refractivity contribution is 0.305. The van der Waals surface area contributed by atoms with Crippen LogP contribution in [-0.2, 0) is 6.42 Å². The molecule has 1 aliphatic carbocycles. The molecule has 1 heterocycles. The van der Waals surface area contributed by atoms with E-state index in [0.717, 1.165) is 23.6 Å². The van der Waals surface area contributed by atoms with E-state index in [1.165, 1.54) is 19.3 Å². The number of aryl methyl sites for hydroxylation is 1.